The number of para-hydroxylation sites is 4. The zero-order chi connectivity index (χ0) is 38.3. The van der Waals surface area contributed by atoms with Gasteiger partial charge >= 0.3 is 0 Å². The monoisotopic (exact) mass is 745 g/mol. The summed E-state index contributed by atoms with van der Waals surface area (Å²) in [5.74, 6) is 0.662. The molecule has 3 aromatic heterocycles. The molecule has 0 spiro atoms. The minimum Gasteiger partial charge on any atom is -0.455 e. The van der Waals surface area contributed by atoms with Crippen LogP contribution < -0.4 is 0 Å². The molecule has 8 aromatic carbocycles. The first-order valence-electron chi connectivity index (χ1n) is 19.9. The summed E-state index contributed by atoms with van der Waals surface area (Å²) < 4.78 is 15.9. The first kappa shape index (κ1) is 32.7. The van der Waals surface area contributed by atoms with E-state index in [2.05, 4.69) is 145 Å². The van der Waals surface area contributed by atoms with Crippen LogP contribution in [0.2, 0.25) is 0 Å². The summed E-state index contributed by atoms with van der Waals surface area (Å²) in [5, 5.41) is 9.11. The number of nitrogens with zero attached hydrogens (tertiary/aromatic N) is 3. The van der Waals surface area contributed by atoms with Crippen molar-refractivity contribution in [2.45, 2.75) is 13.3 Å². The van der Waals surface area contributed by atoms with E-state index < -0.39 is 0 Å². The van der Waals surface area contributed by atoms with E-state index in [0.29, 0.717) is 12.3 Å². The second kappa shape index (κ2) is 12.8. The van der Waals surface area contributed by atoms with Crippen LogP contribution in [0.4, 0.5) is 0 Å². The van der Waals surface area contributed by atoms with Gasteiger partial charge in [-0.3, -0.25) is 0 Å². The van der Waals surface area contributed by atoms with Crippen molar-refractivity contribution in [1.29, 1.82) is 0 Å². The molecule has 0 bridgehead atoms. The third kappa shape index (κ3) is 4.96. The van der Waals surface area contributed by atoms with Crippen molar-refractivity contribution in [3.63, 3.8) is 0 Å². The predicted octanol–water partition coefficient (Wildman–Crippen LogP) is 14.1. The SMILES string of the molecule is CC1C/C=C(c2c(-n3c4ccccc4c4cc5ccccc5cc43)ccc3c2oc2ccccc23)/N=C(c2ccccc2)\N=C/1c1cccc2c1oc1ccccc12. The van der Waals surface area contributed by atoms with Crippen molar-refractivity contribution in [3.8, 4) is 5.69 Å². The molecule has 4 heterocycles. The number of hydrogen-bond donors (Lipinski definition) is 0. The number of hydrogen-bond acceptors (Lipinski definition) is 4. The highest BCUT2D eigenvalue weighted by molar-refractivity contribution is 6.21. The minimum absolute atomic E-state index is 0.0287. The van der Waals surface area contributed by atoms with Crippen LogP contribution >= 0.6 is 0 Å². The van der Waals surface area contributed by atoms with E-state index in [1.54, 1.807) is 0 Å². The van der Waals surface area contributed by atoms with Gasteiger partial charge in [0.15, 0.2) is 5.84 Å². The number of rotatable bonds is 4. The summed E-state index contributed by atoms with van der Waals surface area (Å²) in [6.45, 7) is 2.25. The Balaban J connectivity index is 1.16. The Bertz CT molecular complexity index is 3560. The van der Waals surface area contributed by atoms with Gasteiger partial charge in [0, 0.05) is 49.4 Å². The zero-order valence-corrected chi connectivity index (χ0v) is 31.7. The van der Waals surface area contributed by atoms with Crippen molar-refractivity contribution in [1.82, 2.24) is 4.57 Å². The highest BCUT2D eigenvalue weighted by Gasteiger charge is 2.26. The van der Waals surface area contributed by atoms with Crippen LogP contribution in [0.15, 0.2) is 195 Å². The lowest BCUT2D eigenvalue weighted by atomic mass is 9.92. The van der Waals surface area contributed by atoms with Crippen molar-refractivity contribution < 1.29 is 8.83 Å². The van der Waals surface area contributed by atoms with E-state index in [0.717, 1.165) is 88.7 Å². The van der Waals surface area contributed by atoms with Crippen LogP contribution in [0.25, 0.3) is 87.8 Å². The molecule has 11 aromatic rings. The Morgan fingerprint density at radius 3 is 1.95 bits per heavy atom. The largest absolute Gasteiger partial charge is 0.455 e. The van der Waals surface area contributed by atoms with E-state index in [1.165, 1.54) is 21.5 Å². The maximum absolute atomic E-state index is 6.91. The van der Waals surface area contributed by atoms with Crippen molar-refractivity contribution in [2.75, 3.05) is 0 Å². The topological polar surface area (TPSA) is 55.9 Å². The second-order valence-corrected chi connectivity index (χ2v) is 15.3. The predicted molar refractivity (Wildman–Crippen MR) is 241 cm³/mol. The van der Waals surface area contributed by atoms with Gasteiger partial charge in [0.2, 0.25) is 0 Å². The molecule has 5 nitrogen and oxygen atoms in total. The summed E-state index contributed by atoms with van der Waals surface area (Å²) in [4.78, 5) is 11.1. The quantitative estimate of drug-likeness (QED) is 0.180. The maximum atomic E-state index is 6.91. The summed E-state index contributed by atoms with van der Waals surface area (Å²) >= 11 is 0. The Hall–Kier alpha value is -7.50. The molecule has 0 N–H and O–H groups in total. The van der Waals surface area contributed by atoms with Gasteiger partial charge in [0.05, 0.1) is 33.7 Å². The number of benzene rings is 8. The molecule has 0 radical (unpaired) electrons. The van der Waals surface area contributed by atoms with E-state index in [1.807, 2.05) is 42.5 Å². The zero-order valence-electron chi connectivity index (χ0n) is 31.7. The van der Waals surface area contributed by atoms with Crippen LogP contribution in [0.3, 0.4) is 0 Å². The molecular formula is C53H35N3O2. The molecule has 12 rings (SSSR count). The van der Waals surface area contributed by atoms with Crippen LogP contribution in [0.5, 0.6) is 0 Å². The normalized spacial score (nSPS) is 17.7. The molecule has 0 amide bonds. The molecule has 0 aliphatic carbocycles. The summed E-state index contributed by atoms with van der Waals surface area (Å²) in [6, 6.07) is 59.6. The average Bonchev–Trinajstić information content (AvgIpc) is 3.94. The first-order chi connectivity index (χ1) is 28.7. The van der Waals surface area contributed by atoms with Gasteiger partial charge in [-0.05, 0) is 65.7 Å². The summed E-state index contributed by atoms with van der Waals surface area (Å²) in [6.07, 6.45) is 2.99. The second-order valence-electron chi connectivity index (χ2n) is 15.3. The van der Waals surface area contributed by atoms with Crippen LogP contribution in [-0.4, -0.2) is 16.1 Å². The summed E-state index contributed by atoms with van der Waals surface area (Å²) in [7, 11) is 0. The highest BCUT2D eigenvalue weighted by atomic mass is 16.3. The van der Waals surface area contributed by atoms with Crippen molar-refractivity contribution in [3.05, 3.63) is 193 Å². The van der Waals surface area contributed by atoms with E-state index in [4.69, 9.17) is 18.8 Å². The lowest BCUT2D eigenvalue weighted by Gasteiger charge is -2.20. The molecule has 0 saturated carbocycles. The number of aromatic nitrogens is 1. The molecule has 5 heteroatoms. The van der Waals surface area contributed by atoms with Crippen LogP contribution in [0, 0.1) is 5.92 Å². The number of allylic oxidation sites excluding steroid dienone is 1. The summed E-state index contributed by atoms with van der Waals surface area (Å²) in [5.41, 5.74) is 11.2. The van der Waals surface area contributed by atoms with Gasteiger partial charge in [0.25, 0.3) is 0 Å². The maximum Gasteiger partial charge on any atom is 0.160 e. The Kier molecular flexibility index (Phi) is 7.20. The molecule has 1 aliphatic heterocycles. The molecular weight excluding hydrogens is 711 g/mol. The fourth-order valence-electron chi connectivity index (χ4n) is 9.08. The van der Waals surface area contributed by atoms with Crippen LogP contribution in [-0.2, 0) is 0 Å². The van der Waals surface area contributed by atoms with E-state index in [9.17, 15) is 0 Å². The fraction of sp³-hybridized carbons (Fsp3) is 0.0566. The first-order valence-corrected chi connectivity index (χ1v) is 19.9. The molecule has 0 fully saturated rings. The van der Waals surface area contributed by atoms with E-state index in [-0.39, 0.29) is 5.92 Å². The molecule has 58 heavy (non-hydrogen) atoms. The highest BCUT2D eigenvalue weighted by Crippen LogP contribution is 2.43. The molecule has 0 saturated heterocycles. The molecule has 1 unspecified atom stereocenters. The fourth-order valence-corrected chi connectivity index (χ4v) is 9.08. The molecule has 1 atom stereocenters. The van der Waals surface area contributed by atoms with Crippen molar-refractivity contribution >= 4 is 93.7 Å². The lowest BCUT2D eigenvalue weighted by Crippen LogP contribution is -2.17. The Labute approximate surface area is 333 Å². The number of amidine groups is 1. The number of fused-ring (bicyclic) bond motifs is 10. The third-order valence-electron chi connectivity index (χ3n) is 11.9. The number of aliphatic imine (C=N–C) groups is 2. The van der Waals surface area contributed by atoms with Gasteiger partial charge in [-0.25, -0.2) is 9.98 Å². The van der Waals surface area contributed by atoms with E-state index >= 15 is 0 Å². The lowest BCUT2D eigenvalue weighted by molar-refractivity contribution is 0.666. The Morgan fingerprint density at radius 1 is 0.517 bits per heavy atom. The van der Waals surface area contributed by atoms with Gasteiger partial charge in [-0.1, -0.05) is 134 Å². The van der Waals surface area contributed by atoms with Crippen molar-refractivity contribution in [2.24, 2.45) is 15.9 Å². The number of furan rings is 2. The van der Waals surface area contributed by atoms with Gasteiger partial charge in [-0.2, -0.15) is 0 Å². The van der Waals surface area contributed by atoms with Gasteiger partial charge in [-0.15, -0.1) is 0 Å². The molecule has 274 valence electrons. The Morgan fingerprint density at radius 2 is 1.16 bits per heavy atom. The average molecular weight is 746 g/mol. The smallest absolute Gasteiger partial charge is 0.160 e. The van der Waals surface area contributed by atoms with Gasteiger partial charge in [0.1, 0.15) is 22.3 Å². The molecule has 1 aliphatic rings. The van der Waals surface area contributed by atoms with Gasteiger partial charge < -0.3 is 13.4 Å². The minimum atomic E-state index is 0.0287. The van der Waals surface area contributed by atoms with Crippen LogP contribution in [0.1, 0.15) is 30.0 Å². The standard InChI is InChI=1S/C53H35N3O2/c1-32-26-28-43(54-53(33-14-3-2-4-15-33)55-50(32)41-22-13-21-39-37-19-8-11-24-47(37)57-51(39)41)49-45(29-27-40-38-20-9-12-25-48(38)58-52(40)49)56-44-23-10-7-18-36(44)42-30-34-16-5-6-17-35(34)31-46(42)56/h2-25,27-32H,26H2,1H3/b43-28+,54-53-,55-50+. The third-order valence-corrected chi connectivity index (χ3v) is 11.9.